The van der Waals surface area contributed by atoms with Gasteiger partial charge in [-0.05, 0) is 63.2 Å². The quantitative estimate of drug-likeness (QED) is 0.901. The first-order valence-corrected chi connectivity index (χ1v) is 9.26. The molecular weight excluding hydrogens is 300 g/mol. The van der Waals surface area contributed by atoms with Crippen LogP contribution in [0.1, 0.15) is 43.7 Å². The highest BCUT2D eigenvalue weighted by atomic mass is 16.4. The Bertz CT molecular complexity index is 579. The Kier molecular flexibility index (Phi) is 5.26. The molecule has 3 rings (SSSR count). The van der Waals surface area contributed by atoms with Crippen molar-refractivity contribution in [2.24, 2.45) is 5.41 Å². The van der Waals surface area contributed by atoms with Crippen molar-refractivity contribution in [1.82, 2.24) is 9.80 Å². The van der Waals surface area contributed by atoms with Crippen LogP contribution in [-0.4, -0.2) is 53.1 Å². The molecule has 0 unspecified atom stereocenters. The second kappa shape index (κ2) is 7.24. The van der Waals surface area contributed by atoms with E-state index in [1.165, 1.54) is 11.1 Å². The van der Waals surface area contributed by atoms with Gasteiger partial charge in [0.25, 0.3) is 0 Å². The third kappa shape index (κ3) is 3.81. The SMILES string of the molecule is CCCN1CC2(CCN(Cc3cccc(C)c3)CC2)C[C@H]1C(=O)O. The van der Waals surface area contributed by atoms with Crippen LogP contribution in [0.25, 0.3) is 0 Å². The molecule has 4 nitrogen and oxygen atoms in total. The van der Waals surface area contributed by atoms with E-state index < -0.39 is 5.97 Å². The van der Waals surface area contributed by atoms with E-state index in [4.69, 9.17) is 0 Å². The highest BCUT2D eigenvalue weighted by molar-refractivity contribution is 5.74. The van der Waals surface area contributed by atoms with Crippen molar-refractivity contribution in [1.29, 1.82) is 0 Å². The molecule has 132 valence electrons. The van der Waals surface area contributed by atoms with Crippen LogP contribution in [0.5, 0.6) is 0 Å². The first-order chi connectivity index (χ1) is 11.5. The summed E-state index contributed by atoms with van der Waals surface area (Å²) in [5.41, 5.74) is 2.92. The maximum absolute atomic E-state index is 11.6. The Balaban J connectivity index is 1.59. The molecule has 4 heteroatoms. The van der Waals surface area contributed by atoms with Crippen LogP contribution < -0.4 is 0 Å². The van der Waals surface area contributed by atoms with Crippen LogP contribution in [0, 0.1) is 12.3 Å². The average Bonchev–Trinajstić information content (AvgIpc) is 2.89. The number of hydrogen-bond donors (Lipinski definition) is 1. The first-order valence-electron chi connectivity index (χ1n) is 9.26. The lowest BCUT2D eigenvalue weighted by Gasteiger charge is -2.39. The van der Waals surface area contributed by atoms with Gasteiger partial charge in [0.2, 0.25) is 0 Å². The predicted octanol–water partition coefficient (Wildman–Crippen LogP) is 3.15. The summed E-state index contributed by atoms with van der Waals surface area (Å²) in [4.78, 5) is 16.3. The molecule has 0 saturated carbocycles. The summed E-state index contributed by atoms with van der Waals surface area (Å²) in [6.45, 7) is 9.33. The minimum atomic E-state index is -0.637. The van der Waals surface area contributed by atoms with E-state index in [0.717, 1.165) is 58.4 Å². The van der Waals surface area contributed by atoms with E-state index in [-0.39, 0.29) is 11.5 Å². The number of carbonyl (C=O) groups is 1. The summed E-state index contributed by atoms with van der Waals surface area (Å²) in [6, 6.07) is 8.47. The summed E-state index contributed by atoms with van der Waals surface area (Å²) < 4.78 is 0. The van der Waals surface area contributed by atoms with Crippen molar-refractivity contribution < 1.29 is 9.90 Å². The standard InChI is InChI=1S/C20H30N2O2/c1-3-9-22-15-20(13-18(22)19(23)24)7-10-21(11-8-20)14-17-6-4-5-16(2)12-17/h4-6,12,18H,3,7-11,13-15H2,1-2H3,(H,23,24)/t18-/m0/s1. The second-order valence-corrected chi connectivity index (χ2v) is 7.79. The van der Waals surface area contributed by atoms with Gasteiger partial charge >= 0.3 is 5.97 Å². The van der Waals surface area contributed by atoms with Crippen molar-refractivity contribution in [2.75, 3.05) is 26.2 Å². The van der Waals surface area contributed by atoms with Gasteiger partial charge in [0, 0.05) is 13.1 Å². The zero-order valence-electron chi connectivity index (χ0n) is 15.0. The smallest absolute Gasteiger partial charge is 0.320 e. The molecule has 2 aliphatic heterocycles. The molecule has 1 aromatic rings. The minimum absolute atomic E-state index is 0.224. The number of aliphatic carboxylic acids is 1. The number of carboxylic acids is 1. The van der Waals surface area contributed by atoms with Crippen molar-refractivity contribution in [3.8, 4) is 0 Å². The summed E-state index contributed by atoms with van der Waals surface area (Å²) in [7, 11) is 0. The topological polar surface area (TPSA) is 43.8 Å². The number of hydrogen-bond acceptors (Lipinski definition) is 3. The van der Waals surface area contributed by atoms with E-state index >= 15 is 0 Å². The Morgan fingerprint density at radius 2 is 2.08 bits per heavy atom. The summed E-state index contributed by atoms with van der Waals surface area (Å²) in [6.07, 6.45) is 4.12. The number of benzene rings is 1. The highest BCUT2D eigenvalue weighted by Crippen LogP contribution is 2.43. The predicted molar refractivity (Wildman–Crippen MR) is 96.0 cm³/mol. The molecular formula is C20H30N2O2. The van der Waals surface area contributed by atoms with Crippen LogP contribution in [0.3, 0.4) is 0 Å². The largest absolute Gasteiger partial charge is 0.480 e. The molecule has 1 aromatic carbocycles. The van der Waals surface area contributed by atoms with Gasteiger partial charge in [-0.1, -0.05) is 36.8 Å². The van der Waals surface area contributed by atoms with E-state index in [9.17, 15) is 9.90 Å². The van der Waals surface area contributed by atoms with Gasteiger partial charge in [-0.25, -0.2) is 0 Å². The Labute approximate surface area is 145 Å². The summed E-state index contributed by atoms with van der Waals surface area (Å²) >= 11 is 0. The molecule has 2 aliphatic rings. The van der Waals surface area contributed by atoms with Gasteiger partial charge in [0.15, 0.2) is 0 Å². The number of piperidine rings is 1. The minimum Gasteiger partial charge on any atom is -0.480 e. The first kappa shape index (κ1) is 17.4. The van der Waals surface area contributed by atoms with Gasteiger partial charge in [-0.3, -0.25) is 14.6 Å². The number of carboxylic acid groups (broad SMARTS) is 1. The fourth-order valence-corrected chi connectivity index (χ4v) is 4.53. The zero-order valence-corrected chi connectivity index (χ0v) is 15.0. The molecule has 2 heterocycles. The Morgan fingerprint density at radius 1 is 1.33 bits per heavy atom. The molecule has 0 amide bonds. The monoisotopic (exact) mass is 330 g/mol. The Hall–Kier alpha value is -1.39. The van der Waals surface area contributed by atoms with Crippen molar-refractivity contribution >= 4 is 5.97 Å². The van der Waals surface area contributed by atoms with Gasteiger partial charge in [-0.2, -0.15) is 0 Å². The third-order valence-electron chi connectivity index (χ3n) is 5.81. The lowest BCUT2D eigenvalue weighted by atomic mass is 9.76. The van der Waals surface area contributed by atoms with Gasteiger partial charge in [-0.15, -0.1) is 0 Å². The summed E-state index contributed by atoms with van der Waals surface area (Å²) in [5, 5.41) is 9.55. The van der Waals surface area contributed by atoms with Crippen LogP contribution in [-0.2, 0) is 11.3 Å². The normalized spacial score (nSPS) is 24.5. The fraction of sp³-hybridized carbons (Fsp3) is 0.650. The van der Waals surface area contributed by atoms with Crippen LogP contribution in [0.15, 0.2) is 24.3 Å². The molecule has 2 fully saturated rings. The maximum Gasteiger partial charge on any atom is 0.320 e. The highest BCUT2D eigenvalue weighted by Gasteiger charge is 2.47. The zero-order chi connectivity index (χ0) is 17.2. The third-order valence-corrected chi connectivity index (χ3v) is 5.81. The molecule has 1 spiro atoms. The maximum atomic E-state index is 11.6. The molecule has 1 atom stereocenters. The van der Waals surface area contributed by atoms with E-state index in [2.05, 4.69) is 47.9 Å². The lowest BCUT2D eigenvalue weighted by Crippen LogP contribution is -2.41. The second-order valence-electron chi connectivity index (χ2n) is 7.79. The molecule has 0 aromatic heterocycles. The molecule has 2 saturated heterocycles. The fourth-order valence-electron chi connectivity index (χ4n) is 4.53. The van der Waals surface area contributed by atoms with Gasteiger partial charge in [0.05, 0.1) is 0 Å². The Morgan fingerprint density at radius 3 is 2.71 bits per heavy atom. The molecule has 0 aliphatic carbocycles. The molecule has 0 radical (unpaired) electrons. The van der Waals surface area contributed by atoms with Gasteiger partial charge in [0.1, 0.15) is 6.04 Å². The summed E-state index contributed by atoms with van der Waals surface area (Å²) in [5.74, 6) is -0.637. The van der Waals surface area contributed by atoms with E-state index in [0.29, 0.717) is 0 Å². The van der Waals surface area contributed by atoms with Crippen molar-refractivity contribution in [3.05, 3.63) is 35.4 Å². The van der Waals surface area contributed by atoms with E-state index in [1.54, 1.807) is 0 Å². The van der Waals surface area contributed by atoms with Crippen molar-refractivity contribution in [2.45, 2.75) is 52.1 Å². The number of nitrogens with zero attached hydrogens (tertiary/aromatic N) is 2. The van der Waals surface area contributed by atoms with Crippen LogP contribution >= 0.6 is 0 Å². The average molecular weight is 330 g/mol. The van der Waals surface area contributed by atoms with E-state index in [1.807, 2.05) is 0 Å². The number of rotatable bonds is 5. The van der Waals surface area contributed by atoms with Gasteiger partial charge < -0.3 is 5.11 Å². The molecule has 24 heavy (non-hydrogen) atoms. The molecule has 1 N–H and O–H groups in total. The van der Waals surface area contributed by atoms with Crippen molar-refractivity contribution in [3.63, 3.8) is 0 Å². The number of aryl methyl sites for hydroxylation is 1. The number of likely N-dealkylation sites (tertiary alicyclic amines) is 2. The lowest BCUT2D eigenvalue weighted by molar-refractivity contribution is -0.142. The molecule has 0 bridgehead atoms. The van der Waals surface area contributed by atoms with Crippen LogP contribution in [0.2, 0.25) is 0 Å². The van der Waals surface area contributed by atoms with Crippen LogP contribution in [0.4, 0.5) is 0 Å².